The van der Waals surface area contributed by atoms with Gasteiger partial charge in [-0.2, -0.15) is 0 Å². The quantitative estimate of drug-likeness (QED) is 0.511. The third kappa shape index (κ3) is 5.19. The number of aliphatic carboxylic acids is 1. The molecule has 0 aromatic heterocycles. The number of carbonyl (C=O) groups is 3. The molecule has 2 atom stereocenters. The van der Waals surface area contributed by atoms with Crippen LogP contribution in [-0.4, -0.2) is 54.2 Å². The number of alkyl carbamates (subject to hydrolysis) is 1. The minimum absolute atomic E-state index is 0.00585. The number of ether oxygens (including phenoxy) is 1. The Hall–Kier alpha value is -3.35. The first-order chi connectivity index (χ1) is 16.8. The number of fused-ring (bicyclic) bond motifs is 3. The summed E-state index contributed by atoms with van der Waals surface area (Å²) < 4.78 is 5.54. The van der Waals surface area contributed by atoms with E-state index in [1.165, 1.54) is 22.3 Å². The first kappa shape index (κ1) is 24.8. The molecule has 0 saturated carbocycles. The van der Waals surface area contributed by atoms with Gasteiger partial charge in [-0.25, -0.2) is 4.79 Å². The first-order valence-corrected chi connectivity index (χ1v) is 12.4. The lowest BCUT2D eigenvalue weighted by Crippen LogP contribution is -2.36. The fraction of sp³-hybridized carbons (Fsp3) is 0.464. The zero-order valence-electron chi connectivity index (χ0n) is 20.5. The van der Waals surface area contributed by atoms with Gasteiger partial charge in [-0.15, -0.1) is 0 Å². The van der Waals surface area contributed by atoms with Crippen LogP contribution in [0.1, 0.15) is 56.6 Å². The molecule has 0 spiro atoms. The van der Waals surface area contributed by atoms with Crippen molar-refractivity contribution < 1.29 is 24.2 Å². The Morgan fingerprint density at radius 1 is 1.03 bits per heavy atom. The summed E-state index contributed by atoms with van der Waals surface area (Å²) in [5.74, 6) is -0.869. The van der Waals surface area contributed by atoms with Crippen molar-refractivity contribution in [3.63, 3.8) is 0 Å². The fourth-order valence-electron chi connectivity index (χ4n) is 5.19. The molecule has 7 heteroatoms. The number of unbranched alkanes of at least 4 members (excludes halogenated alkanes) is 2. The second-order valence-electron chi connectivity index (χ2n) is 9.96. The van der Waals surface area contributed by atoms with Crippen LogP contribution in [0.5, 0.6) is 0 Å². The van der Waals surface area contributed by atoms with E-state index in [0.717, 1.165) is 12.8 Å². The topological polar surface area (TPSA) is 95.9 Å². The van der Waals surface area contributed by atoms with E-state index in [-0.39, 0.29) is 30.9 Å². The smallest absolute Gasteiger partial charge is 0.407 e. The van der Waals surface area contributed by atoms with Crippen LogP contribution >= 0.6 is 0 Å². The third-order valence-corrected chi connectivity index (χ3v) is 7.62. The van der Waals surface area contributed by atoms with E-state index in [0.29, 0.717) is 25.9 Å². The summed E-state index contributed by atoms with van der Waals surface area (Å²) in [7, 11) is 0. The maximum Gasteiger partial charge on any atom is 0.407 e. The normalized spacial score (nSPS) is 20.9. The van der Waals surface area contributed by atoms with Gasteiger partial charge in [0.25, 0.3) is 0 Å². The average molecular weight is 479 g/mol. The maximum atomic E-state index is 12.5. The summed E-state index contributed by atoms with van der Waals surface area (Å²) in [5.41, 5.74) is 3.89. The highest BCUT2D eigenvalue weighted by atomic mass is 16.5. The average Bonchev–Trinajstić information content (AvgIpc) is 3.34. The third-order valence-electron chi connectivity index (χ3n) is 7.62. The number of nitrogens with one attached hydrogen (secondary N) is 1. The summed E-state index contributed by atoms with van der Waals surface area (Å²) in [5, 5.41) is 12.3. The van der Waals surface area contributed by atoms with Crippen molar-refractivity contribution in [1.82, 2.24) is 10.2 Å². The fourth-order valence-corrected chi connectivity index (χ4v) is 5.19. The maximum absolute atomic E-state index is 12.5. The van der Waals surface area contributed by atoms with Crippen LogP contribution in [-0.2, 0) is 14.3 Å². The lowest BCUT2D eigenvalue weighted by molar-refractivity contribution is -0.149. The molecule has 1 saturated heterocycles. The molecule has 2 aromatic carbocycles. The van der Waals surface area contributed by atoms with Crippen LogP contribution in [0.25, 0.3) is 11.1 Å². The van der Waals surface area contributed by atoms with Gasteiger partial charge in [-0.1, -0.05) is 61.9 Å². The van der Waals surface area contributed by atoms with Crippen LogP contribution in [0.15, 0.2) is 48.5 Å². The monoisotopic (exact) mass is 478 g/mol. The van der Waals surface area contributed by atoms with Crippen molar-refractivity contribution in [2.45, 2.75) is 45.4 Å². The molecule has 2 aromatic rings. The SMILES string of the molecule is CC1CN(C(=O)CCCCCNC(=O)OCC2c3ccccc3-c3ccccc32)CC1(C)C(=O)O. The van der Waals surface area contributed by atoms with E-state index in [1.54, 1.807) is 11.8 Å². The van der Waals surface area contributed by atoms with Gasteiger partial charge in [-0.3, -0.25) is 9.59 Å². The number of hydrogen-bond donors (Lipinski definition) is 2. The number of carbonyl (C=O) groups excluding carboxylic acids is 2. The van der Waals surface area contributed by atoms with Crippen molar-refractivity contribution in [2.24, 2.45) is 11.3 Å². The Kier molecular flexibility index (Phi) is 7.43. The van der Waals surface area contributed by atoms with Crippen LogP contribution < -0.4 is 5.32 Å². The molecular weight excluding hydrogens is 444 g/mol. The minimum Gasteiger partial charge on any atom is -0.481 e. The van der Waals surface area contributed by atoms with Crippen molar-refractivity contribution in [2.75, 3.05) is 26.2 Å². The Bertz CT molecular complexity index is 1050. The minimum atomic E-state index is -0.872. The molecule has 0 radical (unpaired) electrons. The molecule has 186 valence electrons. The van der Waals surface area contributed by atoms with Gasteiger partial charge in [0, 0.05) is 32.0 Å². The largest absolute Gasteiger partial charge is 0.481 e. The Morgan fingerprint density at radius 2 is 1.66 bits per heavy atom. The first-order valence-electron chi connectivity index (χ1n) is 12.4. The predicted octanol–water partition coefficient (Wildman–Crippen LogP) is 4.65. The lowest BCUT2D eigenvalue weighted by atomic mass is 9.81. The molecule has 1 fully saturated rings. The highest BCUT2D eigenvalue weighted by Gasteiger charge is 2.47. The van der Waals surface area contributed by atoms with Gasteiger partial charge in [0.2, 0.25) is 5.91 Å². The molecule has 4 rings (SSSR count). The summed E-state index contributed by atoms with van der Waals surface area (Å²) in [6.45, 7) is 5.13. The van der Waals surface area contributed by atoms with E-state index in [2.05, 4.69) is 29.6 Å². The Morgan fingerprint density at radius 3 is 2.26 bits per heavy atom. The number of carboxylic acids is 1. The van der Waals surface area contributed by atoms with Crippen LogP contribution in [0.2, 0.25) is 0 Å². The van der Waals surface area contributed by atoms with Gasteiger partial charge >= 0.3 is 12.1 Å². The summed E-state index contributed by atoms with van der Waals surface area (Å²) in [6, 6.07) is 16.5. The van der Waals surface area contributed by atoms with Gasteiger partial charge in [0.15, 0.2) is 0 Å². The molecule has 2 aliphatic rings. The number of likely N-dealkylation sites (tertiary alicyclic amines) is 1. The molecule has 2 amide bonds. The second kappa shape index (κ2) is 10.5. The molecule has 2 unspecified atom stereocenters. The van der Waals surface area contributed by atoms with Gasteiger partial charge in [-0.05, 0) is 47.9 Å². The van der Waals surface area contributed by atoms with Crippen molar-refractivity contribution in [1.29, 1.82) is 0 Å². The van der Waals surface area contributed by atoms with Gasteiger partial charge in [0.1, 0.15) is 6.61 Å². The van der Waals surface area contributed by atoms with Gasteiger partial charge in [0.05, 0.1) is 5.41 Å². The highest BCUT2D eigenvalue weighted by molar-refractivity contribution is 5.81. The molecule has 1 aliphatic heterocycles. The van der Waals surface area contributed by atoms with Crippen molar-refractivity contribution in [3.05, 3.63) is 59.7 Å². The summed E-state index contributed by atoms with van der Waals surface area (Å²) >= 11 is 0. The predicted molar refractivity (Wildman–Crippen MR) is 133 cm³/mol. The number of hydrogen-bond acceptors (Lipinski definition) is 4. The van der Waals surface area contributed by atoms with Crippen molar-refractivity contribution >= 4 is 18.0 Å². The van der Waals surface area contributed by atoms with E-state index in [1.807, 2.05) is 31.2 Å². The second-order valence-corrected chi connectivity index (χ2v) is 9.96. The zero-order valence-corrected chi connectivity index (χ0v) is 20.5. The van der Waals surface area contributed by atoms with Crippen molar-refractivity contribution in [3.8, 4) is 11.1 Å². The van der Waals surface area contributed by atoms with Gasteiger partial charge < -0.3 is 20.1 Å². The molecule has 35 heavy (non-hydrogen) atoms. The molecular formula is C28H34N2O5. The standard InChI is InChI=1S/C28H34N2O5/c1-19-16-30(18-28(19,2)26(32)33)25(31)14-4-3-9-15-29-27(34)35-17-24-22-12-7-5-10-20(22)21-11-6-8-13-23(21)24/h5-8,10-13,19,24H,3-4,9,14-18H2,1-2H3,(H,29,34)(H,32,33). The van der Waals surface area contributed by atoms with Crippen LogP contribution in [0.4, 0.5) is 4.79 Å². The van der Waals surface area contributed by atoms with Crippen LogP contribution in [0.3, 0.4) is 0 Å². The number of benzene rings is 2. The van der Waals surface area contributed by atoms with E-state index >= 15 is 0 Å². The van der Waals surface area contributed by atoms with E-state index < -0.39 is 17.5 Å². The summed E-state index contributed by atoms with van der Waals surface area (Å²) in [4.78, 5) is 37.9. The molecule has 2 N–H and O–H groups in total. The zero-order chi connectivity index (χ0) is 25.0. The van der Waals surface area contributed by atoms with E-state index in [9.17, 15) is 19.5 Å². The number of amides is 2. The number of rotatable bonds is 9. The highest BCUT2D eigenvalue weighted by Crippen LogP contribution is 2.44. The van der Waals surface area contributed by atoms with E-state index in [4.69, 9.17) is 4.74 Å². The number of nitrogens with zero attached hydrogens (tertiary/aromatic N) is 1. The van der Waals surface area contributed by atoms with Crippen LogP contribution in [0, 0.1) is 11.3 Å². The Balaban J connectivity index is 1.14. The molecule has 7 nitrogen and oxygen atoms in total. The molecule has 1 aliphatic carbocycles. The summed E-state index contributed by atoms with van der Waals surface area (Å²) in [6.07, 6.45) is 2.23. The lowest BCUT2D eigenvalue weighted by Gasteiger charge is -2.22. The molecule has 1 heterocycles. The molecule has 0 bridgehead atoms. The number of carboxylic acid groups (broad SMARTS) is 1. The Labute approximate surface area is 206 Å².